The van der Waals surface area contributed by atoms with Gasteiger partial charge in [0, 0.05) is 18.1 Å². The molecule has 104 valence electrons. The van der Waals surface area contributed by atoms with Crippen LogP contribution in [0.2, 0.25) is 0 Å². The number of hydrogen-bond acceptors (Lipinski definition) is 2. The highest BCUT2D eigenvalue weighted by molar-refractivity contribution is 4.90. The molecule has 2 heteroatoms. The summed E-state index contributed by atoms with van der Waals surface area (Å²) in [6.07, 6.45) is 5.09. The summed E-state index contributed by atoms with van der Waals surface area (Å²) in [6, 6.07) is 0.583. The first kappa shape index (κ1) is 16.9. The third kappa shape index (κ3) is 5.87. The second-order valence-corrected chi connectivity index (χ2v) is 6.29. The Kier molecular flexibility index (Phi) is 8.06. The third-order valence-electron chi connectivity index (χ3n) is 3.61. The summed E-state index contributed by atoms with van der Waals surface area (Å²) in [4.78, 5) is 2.61. The van der Waals surface area contributed by atoms with E-state index in [0.29, 0.717) is 12.0 Å². The van der Waals surface area contributed by atoms with Gasteiger partial charge in [-0.2, -0.15) is 0 Å². The summed E-state index contributed by atoms with van der Waals surface area (Å²) in [7, 11) is 0. The Labute approximate surface area is 109 Å². The van der Waals surface area contributed by atoms with Gasteiger partial charge in [-0.3, -0.25) is 4.90 Å². The largest absolute Gasteiger partial charge is 0.329 e. The van der Waals surface area contributed by atoms with Crippen molar-refractivity contribution in [3.05, 3.63) is 0 Å². The monoisotopic (exact) mass is 242 g/mol. The van der Waals surface area contributed by atoms with Crippen molar-refractivity contribution < 1.29 is 0 Å². The summed E-state index contributed by atoms with van der Waals surface area (Å²) in [5.74, 6) is 0.705. The molecule has 0 spiro atoms. The number of rotatable bonds is 9. The van der Waals surface area contributed by atoms with E-state index in [9.17, 15) is 0 Å². The van der Waals surface area contributed by atoms with Gasteiger partial charge in [-0.15, -0.1) is 0 Å². The molecule has 17 heavy (non-hydrogen) atoms. The van der Waals surface area contributed by atoms with Gasteiger partial charge < -0.3 is 5.73 Å². The molecule has 0 saturated carbocycles. The molecule has 0 aromatic heterocycles. The van der Waals surface area contributed by atoms with E-state index in [1.165, 1.54) is 32.2 Å². The predicted octanol–water partition coefficient (Wildman–Crippen LogP) is 3.65. The van der Waals surface area contributed by atoms with E-state index in [0.717, 1.165) is 6.54 Å². The molecule has 0 bridgehead atoms. The fourth-order valence-electron chi connectivity index (χ4n) is 2.88. The topological polar surface area (TPSA) is 29.3 Å². The molecular formula is C15H34N2. The zero-order chi connectivity index (χ0) is 13.5. The molecule has 0 fully saturated rings. The van der Waals surface area contributed by atoms with Gasteiger partial charge in [0.2, 0.25) is 0 Å². The number of hydrogen-bond donors (Lipinski definition) is 1. The van der Waals surface area contributed by atoms with Gasteiger partial charge in [-0.05, 0) is 46.1 Å². The van der Waals surface area contributed by atoms with Gasteiger partial charge in [0.15, 0.2) is 0 Å². The van der Waals surface area contributed by atoms with Crippen LogP contribution in [-0.4, -0.2) is 29.6 Å². The van der Waals surface area contributed by atoms with Crippen molar-refractivity contribution >= 4 is 0 Å². The van der Waals surface area contributed by atoms with Crippen molar-refractivity contribution in [1.29, 1.82) is 0 Å². The molecule has 0 heterocycles. The maximum Gasteiger partial charge on any atom is 0.0308 e. The van der Waals surface area contributed by atoms with Crippen molar-refractivity contribution in [3.63, 3.8) is 0 Å². The van der Waals surface area contributed by atoms with Gasteiger partial charge in [0.05, 0.1) is 0 Å². The first-order chi connectivity index (χ1) is 7.87. The summed E-state index contributed by atoms with van der Waals surface area (Å²) in [5, 5.41) is 0. The molecule has 0 radical (unpaired) electrons. The van der Waals surface area contributed by atoms with E-state index in [4.69, 9.17) is 5.73 Å². The minimum atomic E-state index is 0.163. The minimum Gasteiger partial charge on any atom is -0.329 e. The summed E-state index contributed by atoms with van der Waals surface area (Å²) in [6.45, 7) is 15.7. The maximum atomic E-state index is 6.06. The van der Waals surface area contributed by atoms with E-state index in [1.54, 1.807) is 0 Å². The first-order valence-electron chi connectivity index (χ1n) is 7.34. The standard InChI is InChI=1S/C15H34N2/c1-7-8-9-10-17(14(4)5)15(6,12-16)11-13(2)3/h13-14H,7-12,16H2,1-6H3. The molecule has 0 aliphatic rings. The Morgan fingerprint density at radius 1 is 1.12 bits per heavy atom. The smallest absolute Gasteiger partial charge is 0.0308 e. The normalized spacial score (nSPS) is 15.9. The van der Waals surface area contributed by atoms with E-state index in [1.807, 2.05) is 0 Å². The number of unbranched alkanes of at least 4 members (excludes halogenated alkanes) is 2. The van der Waals surface area contributed by atoms with Crippen LogP contribution < -0.4 is 5.73 Å². The van der Waals surface area contributed by atoms with Crippen LogP contribution in [0.5, 0.6) is 0 Å². The van der Waals surface area contributed by atoms with E-state index in [-0.39, 0.29) is 5.54 Å². The van der Waals surface area contributed by atoms with Gasteiger partial charge in [-0.25, -0.2) is 0 Å². The lowest BCUT2D eigenvalue weighted by molar-refractivity contribution is 0.0563. The Bertz CT molecular complexity index is 189. The molecule has 0 aliphatic carbocycles. The summed E-state index contributed by atoms with van der Waals surface area (Å²) < 4.78 is 0. The SMILES string of the molecule is CCCCCN(C(C)C)C(C)(CN)CC(C)C. The van der Waals surface area contributed by atoms with Crippen LogP contribution in [0.4, 0.5) is 0 Å². The van der Waals surface area contributed by atoms with Crippen molar-refractivity contribution in [2.24, 2.45) is 11.7 Å². The Balaban J connectivity index is 4.61. The van der Waals surface area contributed by atoms with Crippen LogP contribution in [0.25, 0.3) is 0 Å². The van der Waals surface area contributed by atoms with E-state index < -0.39 is 0 Å². The zero-order valence-electron chi connectivity index (χ0n) is 12.9. The molecule has 0 saturated heterocycles. The minimum absolute atomic E-state index is 0.163. The van der Waals surface area contributed by atoms with Crippen molar-refractivity contribution in [2.45, 2.75) is 78.8 Å². The Morgan fingerprint density at radius 3 is 2.06 bits per heavy atom. The average Bonchev–Trinajstić information content (AvgIpc) is 2.22. The van der Waals surface area contributed by atoms with Crippen LogP contribution in [0.3, 0.4) is 0 Å². The van der Waals surface area contributed by atoms with Crippen molar-refractivity contribution in [1.82, 2.24) is 4.90 Å². The molecule has 2 N–H and O–H groups in total. The quantitative estimate of drug-likeness (QED) is 0.625. The highest BCUT2D eigenvalue weighted by atomic mass is 15.2. The van der Waals surface area contributed by atoms with Crippen LogP contribution in [0.15, 0.2) is 0 Å². The number of nitrogens with zero attached hydrogens (tertiary/aromatic N) is 1. The Hall–Kier alpha value is -0.0800. The fraction of sp³-hybridized carbons (Fsp3) is 1.00. The molecule has 0 aromatic carbocycles. The lowest BCUT2D eigenvalue weighted by Gasteiger charge is -2.44. The zero-order valence-corrected chi connectivity index (χ0v) is 12.9. The average molecular weight is 242 g/mol. The Morgan fingerprint density at radius 2 is 1.71 bits per heavy atom. The van der Waals surface area contributed by atoms with Crippen molar-refractivity contribution in [3.8, 4) is 0 Å². The predicted molar refractivity (Wildman–Crippen MR) is 78.3 cm³/mol. The molecule has 0 amide bonds. The van der Waals surface area contributed by atoms with Gasteiger partial charge in [-0.1, -0.05) is 33.6 Å². The maximum absolute atomic E-state index is 6.06. The second-order valence-electron chi connectivity index (χ2n) is 6.29. The van der Waals surface area contributed by atoms with Gasteiger partial charge in [0.1, 0.15) is 0 Å². The lowest BCUT2D eigenvalue weighted by atomic mass is 9.87. The molecular weight excluding hydrogens is 208 g/mol. The molecule has 0 rings (SSSR count). The fourth-order valence-corrected chi connectivity index (χ4v) is 2.88. The lowest BCUT2D eigenvalue weighted by Crippen LogP contribution is -2.55. The van der Waals surface area contributed by atoms with Crippen LogP contribution in [0, 0.1) is 5.92 Å². The van der Waals surface area contributed by atoms with Gasteiger partial charge in [0.25, 0.3) is 0 Å². The molecule has 0 aromatic rings. The molecule has 1 atom stereocenters. The first-order valence-corrected chi connectivity index (χ1v) is 7.34. The second kappa shape index (κ2) is 8.10. The summed E-state index contributed by atoms with van der Waals surface area (Å²) in [5.41, 5.74) is 6.22. The van der Waals surface area contributed by atoms with Crippen LogP contribution >= 0.6 is 0 Å². The highest BCUT2D eigenvalue weighted by Crippen LogP contribution is 2.25. The molecule has 0 aliphatic heterocycles. The summed E-state index contributed by atoms with van der Waals surface area (Å²) >= 11 is 0. The highest BCUT2D eigenvalue weighted by Gasteiger charge is 2.32. The van der Waals surface area contributed by atoms with E-state index >= 15 is 0 Å². The van der Waals surface area contributed by atoms with Crippen LogP contribution in [0.1, 0.15) is 67.2 Å². The van der Waals surface area contributed by atoms with Crippen LogP contribution in [-0.2, 0) is 0 Å². The molecule has 2 nitrogen and oxygen atoms in total. The molecule has 1 unspecified atom stereocenters. The van der Waals surface area contributed by atoms with Gasteiger partial charge >= 0.3 is 0 Å². The number of nitrogens with two attached hydrogens (primary N) is 1. The van der Waals surface area contributed by atoms with Crippen molar-refractivity contribution in [2.75, 3.05) is 13.1 Å². The third-order valence-corrected chi connectivity index (χ3v) is 3.61. The van der Waals surface area contributed by atoms with E-state index in [2.05, 4.69) is 46.4 Å².